The van der Waals surface area contributed by atoms with Crippen LogP contribution in [0.25, 0.3) is 0 Å². The molecule has 0 saturated carbocycles. The fraction of sp³-hybridized carbons (Fsp3) is 0.250. The SMILES string of the molecule is CC(=O)ON(C(C)=O)C(=O)Cc1ccccc1. The van der Waals surface area contributed by atoms with Gasteiger partial charge in [0.15, 0.2) is 0 Å². The minimum Gasteiger partial charge on any atom is -0.331 e. The summed E-state index contributed by atoms with van der Waals surface area (Å²) in [7, 11) is 0. The number of hydrogen-bond acceptors (Lipinski definition) is 4. The van der Waals surface area contributed by atoms with Gasteiger partial charge in [-0.25, -0.2) is 4.79 Å². The summed E-state index contributed by atoms with van der Waals surface area (Å²) in [4.78, 5) is 38.1. The van der Waals surface area contributed by atoms with E-state index in [-0.39, 0.29) is 6.42 Å². The van der Waals surface area contributed by atoms with E-state index >= 15 is 0 Å². The molecule has 17 heavy (non-hydrogen) atoms. The first kappa shape index (κ1) is 12.9. The molecule has 0 N–H and O–H groups in total. The lowest BCUT2D eigenvalue weighted by Crippen LogP contribution is -2.37. The van der Waals surface area contributed by atoms with Crippen LogP contribution in [0.2, 0.25) is 0 Å². The van der Waals surface area contributed by atoms with Crippen LogP contribution < -0.4 is 0 Å². The van der Waals surface area contributed by atoms with E-state index in [1.165, 1.54) is 0 Å². The number of benzene rings is 1. The lowest BCUT2D eigenvalue weighted by molar-refractivity contribution is -0.199. The molecule has 0 aromatic heterocycles. The van der Waals surface area contributed by atoms with Crippen LogP contribution in [0.4, 0.5) is 0 Å². The summed E-state index contributed by atoms with van der Waals surface area (Å²) in [6, 6.07) is 8.90. The maximum atomic E-state index is 11.7. The fourth-order valence-corrected chi connectivity index (χ4v) is 1.26. The third-order valence-corrected chi connectivity index (χ3v) is 1.93. The minimum absolute atomic E-state index is 0.00764. The van der Waals surface area contributed by atoms with Gasteiger partial charge >= 0.3 is 5.97 Å². The van der Waals surface area contributed by atoms with Gasteiger partial charge in [0.25, 0.3) is 11.8 Å². The largest absolute Gasteiger partial charge is 0.331 e. The first-order valence-electron chi connectivity index (χ1n) is 5.06. The lowest BCUT2D eigenvalue weighted by atomic mass is 10.1. The van der Waals surface area contributed by atoms with Crippen molar-refractivity contribution in [1.29, 1.82) is 0 Å². The molecule has 0 radical (unpaired) electrons. The molecular weight excluding hydrogens is 222 g/mol. The van der Waals surface area contributed by atoms with Gasteiger partial charge in [0.1, 0.15) is 0 Å². The van der Waals surface area contributed by atoms with Gasteiger partial charge in [-0.2, -0.15) is 0 Å². The predicted molar refractivity (Wildman–Crippen MR) is 59.4 cm³/mol. The summed E-state index contributed by atoms with van der Waals surface area (Å²) in [5.74, 6) is -1.90. The van der Waals surface area contributed by atoms with Crippen molar-refractivity contribution in [2.45, 2.75) is 20.3 Å². The van der Waals surface area contributed by atoms with Crippen molar-refractivity contribution in [3.8, 4) is 0 Å². The van der Waals surface area contributed by atoms with Crippen LogP contribution in [0.3, 0.4) is 0 Å². The third kappa shape index (κ3) is 4.06. The van der Waals surface area contributed by atoms with Crippen LogP contribution in [-0.4, -0.2) is 22.8 Å². The molecule has 1 aromatic carbocycles. The Bertz CT molecular complexity index is 427. The maximum absolute atomic E-state index is 11.7. The molecule has 2 amide bonds. The van der Waals surface area contributed by atoms with Crippen LogP contribution in [0.5, 0.6) is 0 Å². The van der Waals surface area contributed by atoms with Gasteiger partial charge in [-0.05, 0) is 5.56 Å². The second kappa shape index (κ2) is 5.79. The van der Waals surface area contributed by atoms with Crippen LogP contribution in [0.15, 0.2) is 30.3 Å². The first-order valence-corrected chi connectivity index (χ1v) is 5.06. The molecule has 0 aliphatic heterocycles. The Kier molecular flexibility index (Phi) is 4.39. The van der Waals surface area contributed by atoms with Crippen LogP contribution in [0.1, 0.15) is 19.4 Å². The molecule has 0 spiro atoms. The Morgan fingerprint density at radius 1 is 1.12 bits per heavy atom. The summed E-state index contributed by atoms with van der Waals surface area (Å²) >= 11 is 0. The van der Waals surface area contributed by atoms with Crippen molar-refractivity contribution in [1.82, 2.24) is 5.06 Å². The number of carbonyl (C=O) groups excluding carboxylic acids is 3. The summed E-state index contributed by atoms with van der Waals surface area (Å²) in [6.45, 7) is 2.29. The molecule has 0 unspecified atom stereocenters. The summed E-state index contributed by atoms with van der Waals surface area (Å²) in [5.41, 5.74) is 0.746. The maximum Gasteiger partial charge on any atom is 0.330 e. The highest BCUT2D eigenvalue weighted by molar-refractivity contribution is 5.94. The van der Waals surface area contributed by atoms with Crippen LogP contribution >= 0.6 is 0 Å². The Hall–Kier alpha value is -2.17. The number of amides is 2. The van der Waals surface area contributed by atoms with Gasteiger partial charge in [0.05, 0.1) is 6.42 Å². The van der Waals surface area contributed by atoms with Crippen LogP contribution in [-0.2, 0) is 25.6 Å². The zero-order valence-corrected chi connectivity index (χ0v) is 9.67. The van der Waals surface area contributed by atoms with Gasteiger partial charge in [-0.3, -0.25) is 9.59 Å². The molecule has 0 saturated heterocycles. The number of nitrogens with zero attached hydrogens (tertiary/aromatic N) is 1. The van der Waals surface area contributed by atoms with E-state index in [4.69, 9.17) is 0 Å². The zero-order chi connectivity index (χ0) is 12.8. The predicted octanol–water partition coefficient (Wildman–Crippen LogP) is 1.08. The normalized spacial score (nSPS) is 9.53. The van der Waals surface area contributed by atoms with E-state index < -0.39 is 17.8 Å². The first-order chi connectivity index (χ1) is 8.00. The molecule has 0 aliphatic rings. The molecule has 5 heteroatoms. The molecule has 0 heterocycles. The minimum atomic E-state index is -0.707. The summed E-state index contributed by atoms with van der Waals surface area (Å²) in [5, 5.41) is 0.481. The van der Waals surface area contributed by atoms with E-state index in [1.807, 2.05) is 6.07 Å². The molecular formula is C12H13NO4. The molecule has 0 bridgehead atoms. The van der Waals surface area contributed by atoms with E-state index in [2.05, 4.69) is 4.84 Å². The van der Waals surface area contributed by atoms with E-state index in [1.54, 1.807) is 24.3 Å². The summed E-state index contributed by atoms with van der Waals surface area (Å²) < 4.78 is 0. The Morgan fingerprint density at radius 3 is 2.18 bits per heavy atom. The van der Waals surface area contributed by atoms with E-state index in [9.17, 15) is 14.4 Å². The standard InChI is InChI=1S/C12H13NO4/c1-9(14)13(17-10(2)15)12(16)8-11-6-4-3-5-7-11/h3-7H,8H2,1-2H3. The third-order valence-electron chi connectivity index (χ3n) is 1.93. The van der Waals surface area contributed by atoms with Crippen LogP contribution in [0, 0.1) is 0 Å². The Labute approximate surface area is 98.9 Å². The van der Waals surface area contributed by atoms with Gasteiger partial charge in [0, 0.05) is 13.8 Å². The molecule has 5 nitrogen and oxygen atoms in total. The molecule has 0 aliphatic carbocycles. The molecule has 0 atom stereocenters. The molecule has 1 aromatic rings. The smallest absolute Gasteiger partial charge is 0.330 e. The van der Waals surface area contributed by atoms with E-state index in [0.717, 1.165) is 19.4 Å². The average molecular weight is 235 g/mol. The Balaban J connectivity index is 2.72. The molecule has 0 fully saturated rings. The number of carbonyl (C=O) groups is 3. The van der Waals surface area contributed by atoms with E-state index in [0.29, 0.717) is 5.06 Å². The average Bonchev–Trinajstić information content (AvgIpc) is 2.26. The number of rotatable bonds is 2. The van der Waals surface area contributed by atoms with Gasteiger partial charge in [-0.15, -0.1) is 5.06 Å². The molecule has 1 rings (SSSR count). The highest BCUT2D eigenvalue weighted by atomic mass is 16.7. The van der Waals surface area contributed by atoms with Crippen molar-refractivity contribution in [2.24, 2.45) is 0 Å². The number of hydrogen-bond donors (Lipinski definition) is 0. The monoisotopic (exact) mass is 235 g/mol. The highest BCUT2D eigenvalue weighted by Crippen LogP contribution is 2.04. The van der Waals surface area contributed by atoms with Crippen molar-refractivity contribution in [3.63, 3.8) is 0 Å². The number of imide groups is 1. The van der Waals surface area contributed by atoms with Crippen molar-refractivity contribution in [3.05, 3.63) is 35.9 Å². The second-order valence-corrected chi connectivity index (χ2v) is 3.45. The highest BCUT2D eigenvalue weighted by Gasteiger charge is 2.21. The second-order valence-electron chi connectivity index (χ2n) is 3.45. The van der Waals surface area contributed by atoms with Gasteiger partial charge < -0.3 is 4.84 Å². The Morgan fingerprint density at radius 2 is 1.71 bits per heavy atom. The molecule has 90 valence electrons. The van der Waals surface area contributed by atoms with Gasteiger partial charge in [-0.1, -0.05) is 30.3 Å². The lowest BCUT2D eigenvalue weighted by Gasteiger charge is -2.16. The number of hydroxylamine groups is 2. The van der Waals surface area contributed by atoms with Gasteiger partial charge in [0.2, 0.25) is 0 Å². The quantitative estimate of drug-likeness (QED) is 0.719. The van der Waals surface area contributed by atoms with Crippen molar-refractivity contribution < 1.29 is 19.2 Å². The fourth-order valence-electron chi connectivity index (χ4n) is 1.26. The topological polar surface area (TPSA) is 63.7 Å². The van der Waals surface area contributed by atoms with Crippen molar-refractivity contribution in [2.75, 3.05) is 0 Å². The summed E-state index contributed by atoms with van der Waals surface area (Å²) in [6.07, 6.45) is 0.00764. The van der Waals surface area contributed by atoms with Crippen molar-refractivity contribution >= 4 is 17.8 Å². The zero-order valence-electron chi connectivity index (χ0n) is 9.67.